The van der Waals surface area contributed by atoms with E-state index in [1.807, 2.05) is 41.3 Å². The van der Waals surface area contributed by atoms with Crippen LogP contribution in [0.2, 0.25) is 0 Å². The maximum atomic E-state index is 12.5. The van der Waals surface area contributed by atoms with Gasteiger partial charge in [0.25, 0.3) is 5.91 Å². The number of hydrogen-bond acceptors (Lipinski definition) is 4. The van der Waals surface area contributed by atoms with E-state index in [0.29, 0.717) is 12.2 Å². The van der Waals surface area contributed by atoms with Crippen LogP contribution in [0.4, 0.5) is 0 Å². The molecule has 1 fully saturated rings. The van der Waals surface area contributed by atoms with Crippen molar-refractivity contribution in [2.75, 3.05) is 19.7 Å². The average Bonchev–Trinajstić information content (AvgIpc) is 2.72. The molecule has 5 nitrogen and oxygen atoms in total. The van der Waals surface area contributed by atoms with E-state index in [1.54, 1.807) is 6.20 Å². The van der Waals surface area contributed by atoms with Gasteiger partial charge in [-0.05, 0) is 56.4 Å². The summed E-state index contributed by atoms with van der Waals surface area (Å²) in [6.45, 7) is 2.28. The minimum Gasteiger partial charge on any atom is -0.486 e. The zero-order valence-corrected chi connectivity index (χ0v) is 14.9. The van der Waals surface area contributed by atoms with Crippen molar-refractivity contribution >= 4 is 5.91 Å². The Labute approximate surface area is 153 Å². The molecule has 1 aromatic carbocycles. The zero-order valence-electron chi connectivity index (χ0n) is 14.9. The number of carbonyl (C=O) groups is 1. The van der Waals surface area contributed by atoms with Crippen LogP contribution in [0.3, 0.4) is 0 Å². The number of nitrogens with zero attached hydrogens (tertiary/aromatic N) is 2. The highest BCUT2D eigenvalue weighted by molar-refractivity contribution is 5.93. The molecule has 0 saturated carbocycles. The molecular formula is C21H24N2O3. The van der Waals surface area contributed by atoms with Gasteiger partial charge in [0, 0.05) is 25.0 Å². The van der Waals surface area contributed by atoms with Gasteiger partial charge in [-0.1, -0.05) is 12.1 Å². The Morgan fingerprint density at radius 3 is 2.65 bits per heavy atom. The number of piperidine rings is 1. The predicted octanol–water partition coefficient (Wildman–Crippen LogP) is 3.48. The lowest BCUT2D eigenvalue weighted by atomic mass is 10.1. The first kappa shape index (κ1) is 16.9. The standard InChI is InChI=1S/C21H24N2O3/c24-21(23-12-4-1-5-13-23)16-8-9-17(22-14-16)10-11-18-15-25-19-6-2-3-7-20(19)26-18/h2-3,6-9,14,18H,1,4-5,10-13,15H2/t18-/m0/s1. The Morgan fingerprint density at radius 2 is 1.88 bits per heavy atom. The number of carbonyl (C=O) groups excluding carboxylic acids is 1. The summed E-state index contributed by atoms with van der Waals surface area (Å²) in [5.74, 6) is 1.71. The first-order valence-electron chi connectivity index (χ1n) is 9.42. The highest BCUT2D eigenvalue weighted by atomic mass is 16.6. The molecule has 0 N–H and O–H groups in total. The third-order valence-electron chi connectivity index (χ3n) is 5.00. The topological polar surface area (TPSA) is 51.7 Å². The molecule has 3 heterocycles. The van der Waals surface area contributed by atoms with Gasteiger partial charge in [-0.3, -0.25) is 9.78 Å². The van der Waals surface area contributed by atoms with Crippen molar-refractivity contribution in [1.82, 2.24) is 9.88 Å². The highest BCUT2D eigenvalue weighted by Gasteiger charge is 2.21. The van der Waals surface area contributed by atoms with Gasteiger partial charge >= 0.3 is 0 Å². The van der Waals surface area contributed by atoms with E-state index in [4.69, 9.17) is 9.47 Å². The molecule has 4 rings (SSSR count). The summed E-state index contributed by atoms with van der Waals surface area (Å²) in [7, 11) is 0. The number of likely N-dealkylation sites (tertiary alicyclic amines) is 1. The number of amides is 1. The molecule has 1 amide bonds. The van der Waals surface area contributed by atoms with E-state index in [1.165, 1.54) is 6.42 Å². The molecule has 0 spiro atoms. The molecule has 0 bridgehead atoms. The van der Waals surface area contributed by atoms with Crippen LogP contribution in [-0.2, 0) is 6.42 Å². The van der Waals surface area contributed by atoms with Gasteiger partial charge in [0.15, 0.2) is 11.5 Å². The van der Waals surface area contributed by atoms with E-state index < -0.39 is 0 Å². The normalized spacial score (nSPS) is 19.2. The van der Waals surface area contributed by atoms with Gasteiger partial charge in [-0.15, -0.1) is 0 Å². The molecule has 5 heteroatoms. The van der Waals surface area contributed by atoms with Crippen molar-refractivity contribution < 1.29 is 14.3 Å². The molecule has 1 aromatic heterocycles. The van der Waals surface area contributed by atoms with Crippen molar-refractivity contribution in [2.45, 2.75) is 38.2 Å². The first-order chi connectivity index (χ1) is 12.8. The number of benzene rings is 1. The maximum absolute atomic E-state index is 12.5. The van der Waals surface area contributed by atoms with Crippen molar-refractivity contribution in [3.8, 4) is 11.5 Å². The number of rotatable bonds is 4. The molecule has 0 radical (unpaired) electrons. The molecule has 2 aliphatic heterocycles. The lowest BCUT2D eigenvalue weighted by Gasteiger charge is -2.27. The second kappa shape index (κ2) is 7.77. The van der Waals surface area contributed by atoms with Gasteiger partial charge in [0.1, 0.15) is 12.7 Å². The first-order valence-corrected chi connectivity index (χ1v) is 9.42. The van der Waals surface area contributed by atoms with Crippen LogP contribution >= 0.6 is 0 Å². The van der Waals surface area contributed by atoms with Crippen molar-refractivity contribution in [1.29, 1.82) is 0 Å². The van der Waals surface area contributed by atoms with E-state index in [2.05, 4.69) is 4.98 Å². The fraction of sp³-hybridized carbons (Fsp3) is 0.429. The number of hydrogen-bond donors (Lipinski definition) is 0. The number of ether oxygens (including phenoxy) is 2. The number of para-hydroxylation sites is 2. The largest absolute Gasteiger partial charge is 0.486 e. The Kier molecular flexibility index (Phi) is 5.04. The van der Waals surface area contributed by atoms with Gasteiger partial charge in [0.05, 0.1) is 5.56 Å². The molecule has 136 valence electrons. The fourth-order valence-electron chi connectivity index (χ4n) is 3.49. The minimum absolute atomic E-state index is 0.0290. The van der Waals surface area contributed by atoms with Crippen LogP contribution in [0, 0.1) is 0 Å². The van der Waals surface area contributed by atoms with E-state index in [-0.39, 0.29) is 12.0 Å². The third kappa shape index (κ3) is 3.82. The molecule has 2 aromatic rings. The number of fused-ring (bicyclic) bond motifs is 1. The lowest BCUT2D eigenvalue weighted by Crippen LogP contribution is -2.35. The van der Waals surface area contributed by atoms with Crippen molar-refractivity contribution in [2.24, 2.45) is 0 Å². The van der Waals surface area contributed by atoms with E-state index >= 15 is 0 Å². The van der Waals surface area contributed by atoms with Crippen LogP contribution in [-0.4, -0.2) is 41.6 Å². The Balaban J connectivity index is 1.31. The van der Waals surface area contributed by atoms with Gasteiger partial charge in [0.2, 0.25) is 0 Å². The molecule has 26 heavy (non-hydrogen) atoms. The molecule has 1 atom stereocenters. The van der Waals surface area contributed by atoms with Crippen LogP contribution < -0.4 is 9.47 Å². The lowest BCUT2D eigenvalue weighted by molar-refractivity contribution is 0.0723. The zero-order chi connectivity index (χ0) is 17.8. The smallest absolute Gasteiger partial charge is 0.255 e. The summed E-state index contributed by atoms with van der Waals surface area (Å²) < 4.78 is 11.7. The summed E-state index contributed by atoms with van der Waals surface area (Å²) in [6, 6.07) is 11.6. The third-order valence-corrected chi connectivity index (χ3v) is 5.00. The summed E-state index contributed by atoms with van der Waals surface area (Å²) in [4.78, 5) is 18.9. The minimum atomic E-state index is 0.0290. The molecule has 0 aliphatic carbocycles. The van der Waals surface area contributed by atoms with Gasteiger partial charge in [-0.25, -0.2) is 0 Å². The number of aryl methyl sites for hydroxylation is 1. The summed E-state index contributed by atoms with van der Waals surface area (Å²) in [5.41, 5.74) is 1.66. The molecule has 0 unspecified atom stereocenters. The summed E-state index contributed by atoms with van der Waals surface area (Å²) >= 11 is 0. The monoisotopic (exact) mass is 352 g/mol. The second-order valence-corrected chi connectivity index (χ2v) is 6.93. The maximum Gasteiger partial charge on any atom is 0.255 e. The van der Waals surface area contributed by atoms with Crippen molar-refractivity contribution in [3.05, 3.63) is 53.9 Å². The van der Waals surface area contributed by atoms with E-state index in [0.717, 1.165) is 56.0 Å². The molecule has 1 saturated heterocycles. The second-order valence-electron chi connectivity index (χ2n) is 6.93. The van der Waals surface area contributed by atoms with Crippen LogP contribution in [0.1, 0.15) is 41.7 Å². The Bertz CT molecular complexity index is 754. The van der Waals surface area contributed by atoms with Gasteiger partial charge < -0.3 is 14.4 Å². The fourth-order valence-corrected chi connectivity index (χ4v) is 3.49. The van der Waals surface area contributed by atoms with E-state index in [9.17, 15) is 4.79 Å². The highest BCUT2D eigenvalue weighted by Crippen LogP contribution is 2.31. The predicted molar refractivity (Wildman–Crippen MR) is 98.7 cm³/mol. The number of aromatic nitrogens is 1. The number of pyridine rings is 1. The summed E-state index contributed by atoms with van der Waals surface area (Å²) in [5, 5.41) is 0. The van der Waals surface area contributed by atoms with Crippen LogP contribution in [0.15, 0.2) is 42.6 Å². The SMILES string of the molecule is O=C(c1ccc(CC[C@H]2COc3ccccc3O2)nc1)N1CCCCC1. The van der Waals surface area contributed by atoms with Crippen LogP contribution in [0.5, 0.6) is 11.5 Å². The quantitative estimate of drug-likeness (QED) is 0.845. The Morgan fingerprint density at radius 1 is 1.08 bits per heavy atom. The Hall–Kier alpha value is -2.56. The molecular weight excluding hydrogens is 328 g/mol. The van der Waals surface area contributed by atoms with Gasteiger partial charge in [-0.2, -0.15) is 0 Å². The molecule has 2 aliphatic rings. The van der Waals surface area contributed by atoms with Crippen LogP contribution in [0.25, 0.3) is 0 Å². The average molecular weight is 352 g/mol. The van der Waals surface area contributed by atoms with Crippen molar-refractivity contribution in [3.63, 3.8) is 0 Å². The summed E-state index contributed by atoms with van der Waals surface area (Å²) in [6.07, 6.45) is 6.79.